The van der Waals surface area contributed by atoms with Gasteiger partial charge in [0.15, 0.2) is 11.5 Å². The number of carbonyl (C=O) groups excluding carboxylic acids is 1. The van der Waals surface area contributed by atoms with Gasteiger partial charge in [0.05, 0.1) is 11.3 Å². The molecule has 3 aromatic rings. The first-order valence-corrected chi connectivity index (χ1v) is 9.29. The number of thiophene rings is 1. The summed E-state index contributed by atoms with van der Waals surface area (Å²) in [6.45, 7) is 0. The Balaban J connectivity index is 1.96. The number of amides is 1. The fourth-order valence-corrected chi connectivity index (χ4v) is 3.52. The Morgan fingerprint density at radius 3 is 2.41 bits per heavy atom. The number of ether oxygens (including phenoxy) is 1. The minimum absolute atomic E-state index is 0.190. The molecule has 13 heteroatoms. The van der Waals surface area contributed by atoms with Crippen LogP contribution in [-0.2, 0) is 0 Å². The van der Waals surface area contributed by atoms with Crippen LogP contribution in [0, 0.1) is 5.82 Å². The van der Waals surface area contributed by atoms with Crippen molar-refractivity contribution < 1.29 is 47.2 Å². The molecule has 0 aliphatic rings. The Morgan fingerprint density at radius 2 is 1.81 bits per heavy atom. The fourth-order valence-electron chi connectivity index (χ4n) is 2.79. The monoisotopic (exact) mass is 467 g/mol. The molecule has 0 spiro atoms. The number of hydrogen-bond donors (Lipinski definition) is 4. The van der Waals surface area contributed by atoms with E-state index in [-0.39, 0.29) is 27.2 Å². The third kappa shape index (κ3) is 4.62. The minimum atomic E-state index is -5.24. The zero-order chi connectivity index (χ0) is 23.8. The molecule has 2 aromatic carbocycles. The summed E-state index contributed by atoms with van der Waals surface area (Å²) in [6.07, 6.45) is -5.24. The molecule has 0 atom stereocenters. The van der Waals surface area contributed by atoms with Gasteiger partial charge in [-0.1, -0.05) is 11.5 Å². The lowest BCUT2D eigenvalue weighted by molar-refractivity contribution is -0.275. The van der Waals surface area contributed by atoms with E-state index >= 15 is 0 Å². The lowest BCUT2D eigenvalue weighted by Gasteiger charge is -2.17. The van der Waals surface area contributed by atoms with E-state index in [0.717, 1.165) is 29.5 Å². The van der Waals surface area contributed by atoms with E-state index in [2.05, 4.69) is 10.1 Å². The van der Waals surface area contributed by atoms with Gasteiger partial charge in [0.2, 0.25) is 5.75 Å². The molecule has 0 bridgehead atoms. The minimum Gasteiger partial charge on any atom is -0.504 e. The first-order chi connectivity index (χ1) is 14.9. The van der Waals surface area contributed by atoms with Gasteiger partial charge in [0, 0.05) is 5.56 Å². The predicted molar refractivity (Wildman–Crippen MR) is 106 cm³/mol. The van der Waals surface area contributed by atoms with Crippen LogP contribution in [0.3, 0.4) is 0 Å². The molecule has 0 aliphatic carbocycles. The van der Waals surface area contributed by atoms with Crippen molar-refractivity contribution in [3.8, 4) is 28.4 Å². The maximum Gasteiger partial charge on any atom is 0.573 e. The fraction of sp³-hybridized carbons (Fsp3) is 0.0526. The summed E-state index contributed by atoms with van der Waals surface area (Å²) in [6, 6.07) is 4.86. The SMILES string of the molecule is [B]c1cc(O)c(OC(F)(F)F)c(O)c1-c1ccc(NC(=O)c2ccsc2C(=O)O)c(F)c1. The third-order valence-electron chi connectivity index (χ3n) is 4.09. The predicted octanol–water partition coefficient (Wildman–Crippen LogP) is 3.61. The second kappa shape index (κ2) is 8.42. The summed E-state index contributed by atoms with van der Waals surface area (Å²) in [5.41, 5.74) is -1.59. The smallest absolute Gasteiger partial charge is 0.504 e. The molecule has 0 aliphatic heterocycles. The highest BCUT2D eigenvalue weighted by molar-refractivity contribution is 7.12. The van der Waals surface area contributed by atoms with Gasteiger partial charge in [0.1, 0.15) is 18.5 Å². The van der Waals surface area contributed by atoms with Crippen molar-refractivity contribution in [1.29, 1.82) is 0 Å². The zero-order valence-corrected chi connectivity index (χ0v) is 16.3. The first kappa shape index (κ1) is 22.9. The molecule has 32 heavy (non-hydrogen) atoms. The van der Waals surface area contributed by atoms with Crippen LogP contribution in [0.4, 0.5) is 23.2 Å². The molecule has 0 unspecified atom stereocenters. The van der Waals surface area contributed by atoms with Crippen LogP contribution >= 0.6 is 11.3 Å². The van der Waals surface area contributed by atoms with Crippen LogP contribution in [0.1, 0.15) is 20.0 Å². The summed E-state index contributed by atoms with van der Waals surface area (Å²) in [4.78, 5) is 23.2. The van der Waals surface area contributed by atoms with Crippen LogP contribution in [0.25, 0.3) is 11.1 Å². The summed E-state index contributed by atoms with van der Waals surface area (Å²) < 4.78 is 55.9. The van der Waals surface area contributed by atoms with Crippen molar-refractivity contribution in [2.45, 2.75) is 6.36 Å². The van der Waals surface area contributed by atoms with Crippen molar-refractivity contribution in [3.05, 3.63) is 52.0 Å². The summed E-state index contributed by atoms with van der Waals surface area (Å²) in [7, 11) is 5.66. The number of halogens is 4. The highest BCUT2D eigenvalue weighted by Gasteiger charge is 2.35. The molecule has 1 aromatic heterocycles. The maximum atomic E-state index is 14.6. The normalized spacial score (nSPS) is 11.2. The number of carboxylic acids is 1. The van der Waals surface area contributed by atoms with E-state index in [0.29, 0.717) is 6.07 Å². The van der Waals surface area contributed by atoms with E-state index < -0.39 is 46.9 Å². The second-order valence-electron chi connectivity index (χ2n) is 6.20. The summed E-state index contributed by atoms with van der Waals surface area (Å²) >= 11 is 0.802. The lowest BCUT2D eigenvalue weighted by atomic mass is 9.85. The Morgan fingerprint density at radius 1 is 1.12 bits per heavy atom. The highest BCUT2D eigenvalue weighted by Crippen LogP contribution is 2.44. The number of nitrogens with one attached hydrogen (secondary N) is 1. The number of alkyl halides is 3. The molecule has 0 fully saturated rings. The van der Waals surface area contributed by atoms with Gasteiger partial charge in [-0.15, -0.1) is 24.5 Å². The van der Waals surface area contributed by atoms with Crippen LogP contribution < -0.4 is 15.5 Å². The zero-order valence-electron chi connectivity index (χ0n) is 15.5. The van der Waals surface area contributed by atoms with Crippen LogP contribution in [0.2, 0.25) is 0 Å². The number of hydrogen-bond acceptors (Lipinski definition) is 6. The first-order valence-electron chi connectivity index (χ1n) is 8.41. The molecule has 1 heterocycles. The Hall–Kier alpha value is -3.74. The number of aromatic carboxylic acids is 1. The molecule has 164 valence electrons. The molecule has 3 rings (SSSR count). The molecule has 4 N–H and O–H groups in total. The van der Waals surface area contributed by atoms with Gasteiger partial charge in [-0.05, 0) is 35.2 Å². The average molecular weight is 467 g/mol. The molecule has 1 amide bonds. The van der Waals surface area contributed by atoms with E-state index in [1.54, 1.807) is 0 Å². The average Bonchev–Trinajstić information content (AvgIpc) is 3.17. The van der Waals surface area contributed by atoms with Crippen molar-refractivity contribution in [1.82, 2.24) is 0 Å². The quantitative estimate of drug-likeness (QED) is 0.337. The van der Waals surface area contributed by atoms with Crippen LogP contribution in [0.5, 0.6) is 17.2 Å². The lowest BCUT2D eigenvalue weighted by Crippen LogP contribution is -2.18. The number of carboxylic acid groups (broad SMARTS) is 1. The van der Waals surface area contributed by atoms with Gasteiger partial charge in [-0.3, -0.25) is 4.79 Å². The highest BCUT2D eigenvalue weighted by atomic mass is 32.1. The Labute approximate surface area is 181 Å². The molecule has 0 saturated carbocycles. The maximum absolute atomic E-state index is 14.6. The van der Waals surface area contributed by atoms with E-state index in [1.165, 1.54) is 11.4 Å². The van der Waals surface area contributed by atoms with Gasteiger partial charge in [-0.25, -0.2) is 9.18 Å². The van der Waals surface area contributed by atoms with Gasteiger partial charge >= 0.3 is 12.3 Å². The topological polar surface area (TPSA) is 116 Å². The number of phenols is 2. The number of anilines is 1. The van der Waals surface area contributed by atoms with Crippen molar-refractivity contribution >= 4 is 42.2 Å². The second-order valence-corrected chi connectivity index (χ2v) is 7.12. The van der Waals surface area contributed by atoms with Gasteiger partial charge < -0.3 is 25.4 Å². The number of phenolic OH excluding ortho intramolecular Hbond substituents is 2. The molecular weight excluding hydrogens is 457 g/mol. The van der Waals surface area contributed by atoms with Gasteiger partial charge in [0.25, 0.3) is 5.91 Å². The molecule has 0 saturated heterocycles. The molecule has 2 radical (unpaired) electrons. The number of benzene rings is 2. The Bertz CT molecular complexity index is 1230. The van der Waals surface area contributed by atoms with E-state index in [9.17, 15) is 37.4 Å². The molecular formula is C19H10BF4NO6S. The molecule has 7 nitrogen and oxygen atoms in total. The van der Waals surface area contributed by atoms with Crippen LogP contribution in [0.15, 0.2) is 35.7 Å². The van der Waals surface area contributed by atoms with Gasteiger partial charge in [-0.2, -0.15) is 0 Å². The third-order valence-corrected chi connectivity index (χ3v) is 5.00. The number of carbonyl (C=O) groups is 2. The summed E-state index contributed by atoms with van der Waals surface area (Å²) in [5.74, 6) is -6.89. The van der Waals surface area contributed by atoms with Crippen molar-refractivity contribution in [3.63, 3.8) is 0 Å². The van der Waals surface area contributed by atoms with E-state index in [4.69, 9.17) is 13.0 Å². The van der Waals surface area contributed by atoms with Crippen molar-refractivity contribution in [2.75, 3.05) is 5.32 Å². The van der Waals surface area contributed by atoms with Crippen molar-refractivity contribution in [2.24, 2.45) is 0 Å². The number of rotatable bonds is 5. The standard InChI is InChI=1S/C19H10BF4NO6S/c20-9-6-12(26)15(31-19(22,23)24)14(27)13(9)7-1-2-11(10(21)5-7)25-17(28)8-3-4-32-16(8)18(29)30/h1-6,26-27H,(H,25,28)(H,29,30). The van der Waals surface area contributed by atoms with E-state index in [1.807, 2.05) is 0 Å². The number of aromatic hydroxyl groups is 2. The summed E-state index contributed by atoms with van der Waals surface area (Å²) in [5, 5.41) is 32.4. The van der Waals surface area contributed by atoms with Crippen LogP contribution in [-0.4, -0.2) is 41.4 Å². The Kier molecular flexibility index (Phi) is 6.04. The largest absolute Gasteiger partial charge is 0.573 e.